The van der Waals surface area contributed by atoms with Crippen LogP contribution in [0.15, 0.2) is 72.8 Å². The molecule has 0 fully saturated rings. The van der Waals surface area contributed by atoms with E-state index in [0.29, 0.717) is 21.3 Å². The number of aryl methyl sites for hydroxylation is 1. The average molecular weight is 480 g/mol. The molecule has 167 valence electrons. The first-order valence-corrected chi connectivity index (χ1v) is 11.1. The second-order valence-corrected chi connectivity index (χ2v) is 8.56. The lowest BCUT2D eigenvalue weighted by molar-refractivity contribution is -0.145. The lowest BCUT2D eigenvalue weighted by atomic mass is 9.93. The number of hydrogen-bond donors (Lipinski definition) is 0. The Morgan fingerprint density at radius 1 is 1.00 bits per heavy atom. The Labute approximate surface area is 202 Å². The first-order chi connectivity index (χ1) is 15.9. The summed E-state index contributed by atoms with van der Waals surface area (Å²) in [5.41, 5.74) is 4.64. The first kappa shape index (κ1) is 22.9. The van der Waals surface area contributed by atoms with Crippen molar-refractivity contribution in [3.05, 3.63) is 99.7 Å². The molecule has 1 heterocycles. The van der Waals surface area contributed by atoms with Crippen LogP contribution >= 0.6 is 23.2 Å². The summed E-state index contributed by atoms with van der Waals surface area (Å²) in [6, 6.07) is 22.1. The van der Waals surface area contributed by atoms with Crippen molar-refractivity contribution in [1.82, 2.24) is 9.78 Å². The van der Waals surface area contributed by atoms with E-state index >= 15 is 0 Å². The molecule has 1 aromatic heterocycles. The zero-order valence-corrected chi connectivity index (χ0v) is 19.6. The van der Waals surface area contributed by atoms with Gasteiger partial charge in [0.05, 0.1) is 40.1 Å². The lowest BCUT2D eigenvalue weighted by Gasteiger charge is -2.11. The summed E-state index contributed by atoms with van der Waals surface area (Å²) in [5, 5.41) is 17.6. The van der Waals surface area contributed by atoms with Crippen LogP contribution in [0, 0.1) is 6.92 Å². The summed E-state index contributed by atoms with van der Waals surface area (Å²) < 4.78 is 7.02. The predicted octanol–water partition coefficient (Wildman–Crippen LogP) is 6.45. The molecule has 3 aromatic carbocycles. The minimum atomic E-state index is -1.14. The van der Waals surface area contributed by atoms with Gasteiger partial charge in [-0.15, -0.1) is 0 Å². The van der Waals surface area contributed by atoms with Crippen molar-refractivity contribution in [3.63, 3.8) is 0 Å². The highest BCUT2D eigenvalue weighted by atomic mass is 35.5. The largest absolute Gasteiger partial charge is 0.497 e. The third kappa shape index (κ3) is 5.05. The van der Waals surface area contributed by atoms with Crippen LogP contribution in [-0.4, -0.2) is 22.9 Å². The van der Waals surface area contributed by atoms with Crippen LogP contribution in [0.3, 0.4) is 0 Å². The monoisotopic (exact) mass is 479 g/mol. The van der Waals surface area contributed by atoms with E-state index in [1.165, 1.54) is 0 Å². The Morgan fingerprint density at radius 2 is 1.76 bits per heavy atom. The number of carbonyl (C=O) groups is 1. The third-order valence-electron chi connectivity index (χ3n) is 5.43. The van der Waals surface area contributed by atoms with Gasteiger partial charge in [0, 0.05) is 12.0 Å². The fourth-order valence-electron chi connectivity index (χ4n) is 3.74. The highest BCUT2D eigenvalue weighted by Gasteiger charge is 2.25. The second kappa shape index (κ2) is 9.69. The summed E-state index contributed by atoms with van der Waals surface area (Å²) in [6.45, 7) is 1.93. The molecule has 33 heavy (non-hydrogen) atoms. The maximum Gasteiger partial charge on any atom is 0.363 e. The van der Waals surface area contributed by atoms with Crippen LogP contribution in [0.4, 0.5) is 0 Å². The van der Waals surface area contributed by atoms with Crippen molar-refractivity contribution in [2.75, 3.05) is 7.11 Å². The van der Waals surface area contributed by atoms with Gasteiger partial charge in [0.1, 0.15) is 5.75 Å². The zero-order valence-electron chi connectivity index (χ0n) is 18.1. The number of halogens is 2. The number of methoxy groups -OCH3 is 1. The van der Waals surface area contributed by atoms with Gasteiger partial charge in [-0.05, 0) is 55.0 Å². The summed E-state index contributed by atoms with van der Waals surface area (Å²) in [6.07, 6.45) is 0.184. The third-order valence-corrected chi connectivity index (χ3v) is 6.17. The summed E-state index contributed by atoms with van der Waals surface area (Å²) in [5.74, 6) is -1.25. The number of hydrogen-bond acceptors (Lipinski definition) is 3. The molecule has 0 N–H and O–H groups in total. The van der Waals surface area contributed by atoms with Crippen molar-refractivity contribution < 1.29 is 14.6 Å². The predicted molar refractivity (Wildman–Crippen MR) is 129 cm³/mol. The summed E-state index contributed by atoms with van der Waals surface area (Å²) in [7, 11) is 1.60. The molecule has 5 nitrogen and oxygen atoms in total. The second-order valence-electron chi connectivity index (χ2n) is 7.75. The molecule has 7 heteroatoms. The lowest BCUT2D eigenvalue weighted by Crippen LogP contribution is -2.14. The van der Waals surface area contributed by atoms with E-state index in [-0.39, 0.29) is 6.42 Å². The van der Waals surface area contributed by atoms with Gasteiger partial charge in [-0.3, -0.25) is 0 Å². The maximum absolute atomic E-state index is 12.0. The minimum absolute atomic E-state index is 0.184. The molecule has 4 rings (SSSR count). The number of carbonyl (C=O) groups excluding carboxylic acids is 1. The fraction of sp³-hybridized carbons (Fsp3) is 0.154. The quantitative estimate of drug-likeness (QED) is 0.306. The number of rotatable bonds is 7. The van der Waals surface area contributed by atoms with Gasteiger partial charge in [-0.25, -0.2) is 14.6 Å². The molecular weight excluding hydrogens is 459 g/mol. The Bertz CT molecular complexity index is 1300. The molecule has 1 atom stereocenters. The molecule has 0 amide bonds. The van der Waals surface area contributed by atoms with Gasteiger partial charge in [0.2, 0.25) is 0 Å². The Hall–Kier alpha value is -3.28. The maximum atomic E-state index is 12.0. The van der Waals surface area contributed by atoms with Crippen LogP contribution in [0.5, 0.6) is 5.75 Å². The van der Waals surface area contributed by atoms with Crippen LogP contribution in [0.1, 0.15) is 22.7 Å². The van der Waals surface area contributed by atoms with Crippen LogP contribution < -0.4 is 4.74 Å². The number of ether oxygens (including phenoxy) is 1. The van der Waals surface area contributed by atoms with E-state index in [1.807, 2.05) is 61.5 Å². The highest BCUT2D eigenvalue weighted by Crippen LogP contribution is 2.32. The standard InChI is InChI=1S/C26H21Cl2N2O3/c1-16-4-3-5-17(12-16)22(26(31)32)14-19-15-25(18-6-11-23(27)24(28)13-18)30(29-19)20-7-9-21(33-2)10-8-20/h3-13,15,22H,14H2,1-2H3/t22-/m0/s1. The van der Waals surface area contributed by atoms with E-state index in [0.717, 1.165) is 28.3 Å². The Kier molecular flexibility index (Phi) is 6.72. The Morgan fingerprint density at radius 3 is 2.39 bits per heavy atom. The molecular formula is C26H21Cl2N2O3. The average Bonchev–Trinajstić information content (AvgIpc) is 3.23. The molecule has 0 spiro atoms. The number of benzene rings is 3. The van der Waals surface area contributed by atoms with Crippen molar-refractivity contribution in [1.29, 1.82) is 0 Å². The van der Waals surface area contributed by atoms with Gasteiger partial charge in [-0.1, -0.05) is 59.1 Å². The molecule has 0 aliphatic heterocycles. The topological polar surface area (TPSA) is 64.0 Å². The van der Waals surface area contributed by atoms with Crippen molar-refractivity contribution in [3.8, 4) is 22.7 Å². The van der Waals surface area contributed by atoms with E-state index in [9.17, 15) is 9.90 Å². The summed E-state index contributed by atoms with van der Waals surface area (Å²) >= 11 is 12.4. The van der Waals surface area contributed by atoms with Crippen LogP contribution in [0.25, 0.3) is 16.9 Å². The molecule has 0 unspecified atom stereocenters. The van der Waals surface area contributed by atoms with Gasteiger partial charge in [-0.2, -0.15) is 5.10 Å². The van der Waals surface area contributed by atoms with E-state index in [4.69, 9.17) is 33.0 Å². The van der Waals surface area contributed by atoms with E-state index in [2.05, 4.69) is 0 Å². The molecule has 0 aliphatic carbocycles. The number of aromatic nitrogens is 2. The fourth-order valence-corrected chi connectivity index (χ4v) is 4.04. The highest BCUT2D eigenvalue weighted by molar-refractivity contribution is 6.42. The van der Waals surface area contributed by atoms with E-state index in [1.54, 1.807) is 30.0 Å². The summed E-state index contributed by atoms with van der Waals surface area (Å²) in [4.78, 5) is 12.0. The van der Waals surface area contributed by atoms with E-state index < -0.39 is 11.9 Å². The molecule has 1 radical (unpaired) electrons. The molecule has 0 saturated heterocycles. The first-order valence-electron chi connectivity index (χ1n) is 10.3. The zero-order chi connectivity index (χ0) is 23.5. The molecule has 0 aliphatic rings. The van der Waals surface area contributed by atoms with Crippen molar-refractivity contribution in [2.24, 2.45) is 0 Å². The van der Waals surface area contributed by atoms with Crippen LogP contribution in [-0.2, 0) is 16.3 Å². The van der Waals surface area contributed by atoms with Crippen molar-refractivity contribution >= 4 is 29.2 Å². The smallest absolute Gasteiger partial charge is 0.363 e. The molecule has 0 saturated carbocycles. The van der Waals surface area contributed by atoms with Crippen molar-refractivity contribution in [2.45, 2.75) is 19.3 Å². The van der Waals surface area contributed by atoms with Gasteiger partial charge < -0.3 is 4.74 Å². The molecule has 4 aromatic rings. The minimum Gasteiger partial charge on any atom is -0.497 e. The number of nitrogens with zero attached hydrogens (tertiary/aromatic N) is 2. The molecule has 0 bridgehead atoms. The van der Waals surface area contributed by atoms with Gasteiger partial charge >= 0.3 is 5.97 Å². The Balaban J connectivity index is 1.79. The van der Waals surface area contributed by atoms with Gasteiger partial charge in [0.25, 0.3) is 0 Å². The van der Waals surface area contributed by atoms with Gasteiger partial charge in [0.15, 0.2) is 0 Å². The SMILES string of the molecule is COc1ccc(-n2nc(C[C@H](C([O])=O)c3cccc(C)c3)cc2-c2ccc(Cl)c(Cl)c2)cc1. The van der Waals surface area contributed by atoms with Crippen LogP contribution in [0.2, 0.25) is 10.0 Å². The normalized spacial score (nSPS) is 11.9.